The van der Waals surface area contributed by atoms with E-state index in [-0.39, 0.29) is 11.8 Å². The second kappa shape index (κ2) is 7.94. The van der Waals surface area contributed by atoms with Gasteiger partial charge in [-0.1, -0.05) is 37.8 Å². The Kier molecular flexibility index (Phi) is 5.23. The molecule has 2 aliphatic rings. The van der Waals surface area contributed by atoms with Crippen LogP contribution in [0.5, 0.6) is 0 Å². The van der Waals surface area contributed by atoms with E-state index in [9.17, 15) is 9.59 Å². The van der Waals surface area contributed by atoms with Crippen LogP contribution in [0.25, 0.3) is 0 Å². The fraction of sp³-hybridized carbons (Fsp3) is 0.476. The van der Waals surface area contributed by atoms with Crippen molar-refractivity contribution < 1.29 is 9.59 Å². The number of nitrogens with zero attached hydrogens (tertiary/aromatic N) is 3. The van der Waals surface area contributed by atoms with Gasteiger partial charge in [-0.05, 0) is 30.5 Å². The number of hydrogen-bond donors (Lipinski definition) is 1. The van der Waals surface area contributed by atoms with Crippen LogP contribution in [0.1, 0.15) is 60.9 Å². The Hall–Kier alpha value is -2.63. The van der Waals surface area contributed by atoms with Crippen molar-refractivity contribution in [2.24, 2.45) is 0 Å². The van der Waals surface area contributed by atoms with Crippen LogP contribution in [0.4, 0.5) is 5.82 Å². The summed E-state index contributed by atoms with van der Waals surface area (Å²) in [5, 5.41) is 7.43. The van der Waals surface area contributed by atoms with E-state index in [0.29, 0.717) is 31.1 Å². The maximum absolute atomic E-state index is 12.5. The topological polar surface area (TPSA) is 67.2 Å². The number of amides is 2. The van der Waals surface area contributed by atoms with Crippen molar-refractivity contribution in [3.05, 3.63) is 47.7 Å². The van der Waals surface area contributed by atoms with Gasteiger partial charge < -0.3 is 5.32 Å². The first-order chi connectivity index (χ1) is 13.2. The Morgan fingerprint density at radius 1 is 1.07 bits per heavy atom. The van der Waals surface area contributed by atoms with Gasteiger partial charge in [-0.15, -0.1) is 0 Å². The maximum Gasteiger partial charge on any atom is 0.251 e. The molecule has 0 radical (unpaired) electrons. The van der Waals surface area contributed by atoms with E-state index < -0.39 is 0 Å². The molecule has 1 aliphatic carbocycles. The molecule has 0 atom stereocenters. The third-order valence-electron chi connectivity index (χ3n) is 5.56. The lowest BCUT2D eigenvalue weighted by atomic mass is 10.1. The number of aryl methyl sites for hydroxylation is 1. The first-order valence-electron chi connectivity index (χ1n) is 9.93. The maximum atomic E-state index is 12.5. The lowest BCUT2D eigenvalue weighted by Gasteiger charge is -2.27. The standard InChI is InChI=1S/C21H26N4O2/c26-20-12-14-25-19(11-13-22-25)24(20)15-16-7-9-17(10-8-16)21(27)23-18-5-3-1-2-4-6-18/h7-11,13,18H,1-6,12,14-15H2,(H,23,27). The van der Waals surface area contributed by atoms with Crippen molar-refractivity contribution in [2.45, 2.75) is 64.1 Å². The van der Waals surface area contributed by atoms with E-state index in [2.05, 4.69) is 10.4 Å². The zero-order valence-electron chi connectivity index (χ0n) is 15.6. The van der Waals surface area contributed by atoms with Gasteiger partial charge in [-0.3, -0.25) is 14.5 Å². The summed E-state index contributed by atoms with van der Waals surface area (Å²) in [6.07, 6.45) is 9.29. The Morgan fingerprint density at radius 2 is 1.81 bits per heavy atom. The molecule has 1 fully saturated rings. The smallest absolute Gasteiger partial charge is 0.251 e. The molecule has 6 nitrogen and oxygen atoms in total. The van der Waals surface area contributed by atoms with Crippen LogP contribution >= 0.6 is 0 Å². The minimum Gasteiger partial charge on any atom is -0.349 e. The average Bonchev–Trinajstić information content (AvgIpc) is 3.01. The van der Waals surface area contributed by atoms with E-state index in [0.717, 1.165) is 24.2 Å². The van der Waals surface area contributed by atoms with Crippen LogP contribution in [0, 0.1) is 0 Å². The highest BCUT2D eigenvalue weighted by molar-refractivity contribution is 5.95. The molecule has 1 saturated carbocycles. The van der Waals surface area contributed by atoms with Crippen molar-refractivity contribution in [1.82, 2.24) is 15.1 Å². The molecule has 4 rings (SSSR count). The highest BCUT2D eigenvalue weighted by Crippen LogP contribution is 2.23. The molecular formula is C21H26N4O2. The lowest BCUT2D eigenvalue weighted by Crippen LogP contribution is -2.37. The number of anilines is 1. The van der Waals surface area contributed by atoms with Crippen molar-refractivity contribution in [3.63, 3.8) is 0 Å². The molecular weight excluding hydrogens is 340 g/mol. The lowest BCUT2D eigenvalue weighted by molar-refractivity contribution is -0.119. The van der Waals surface area contributed by atoms with Crippen LogP contribution in [-0.4, -0.2) is 27.6 Å². The minimum absolute atomic E-state index is 0.000533. The van der Waals surface area contributed by atoms with Gasteiger partial charge >= 0.3 is 0 Å². The van der Waals surface area contributed by atoms with Crippen LogP contribution in [0.15, 0.2) is 36.5 Å². The van der Waals surface area contributed by atoms with Gasteiger partial charge in [-0.2, -0.15) is 5.10 Å². The molecule has 0 unspecified atom stereocenters. The molecule has 2 heterocycles. The average molecular weight is 366 g/mol. The second-order valence-electron chi connectivity index (χ2n) is 7.50. The molecule has 6 heteroatoms. The van der Waals surface area contributed by atoms with Crippen LogP contribution in [0.3, 0.4) is 0 Å². The summed E-state index contributed by atoms with van der Waals surface area (Å²) in [5.41, 5.74) is 1.68. The first kappa shape index (κ1) is 17.8. The highest BCUT2D eigenvalue weighted by Gasteiger charge is 2.24. The number of carbonyl (C=O) groups excluding carboxylic acids is 2. The van der Waals surface area contributed by atoms with Crippen molar-refractivity contribution in [1.29, 1.82) is 0 Å². The second-order valence-corrected chi connectivity index (χ2v) is 7.50. The Balaban J connectivity index is 1.40. The first-order valence-corrected chi connectivity index (χ1v) is 9.93. The van der Waals surface area contributed by atoms with Crippen molar-refractivity contribution >= 4 is 17.6 Å². The quantitative estimate of drug-likeness (QED) is 0.845. The summed E-state index contributed by atoms with van der Waals surface area (Å²) >= 11 is 0. The molecule has 1 aromatic carbocycles. The van der Waals surface area contributed by atoms with Gasteiger partial charge in [0.1, 0.15) is 5.82 Å². The van der Waals surface area contributed by atoms with E-state index in [1.54, 1.807) is 11.1 Å². The Labute approximate surface area is 159 Å². The number of aromatic nitrogens is 2. The molecule has 1 aromatic heterocycles. The fourth-order valence-electron chi connectivity index (χ4n) is 4.00. The van der Waals surface area contributed by atoms with Gasteiger partial charge in [0, 0.05) is 24.1 Å². The normalized spacial score (nSPS) is 18.1. The summed E-state index contributed by atoms with van der Waals surface area (Å²) in [4.78, 5) is 26.6. The van der Waals surface area contributed by atoms with Gasteiger partial charge in [-0.25, -0.2) is 4.68 Å². The van der Waals surface area contributed by atoms with E-state index in [4.69, 9.17) is 0 Å². The molecule has 27 heavy (non-hydrogen) atoms. The predicted octanol–water partition coefficient (Wildman–Crippen LogP) is 3.27. The van der Waals surface area contributed by atoms with Crippen molar-refractivity contribution in [2.75, 3.05) is 4.90 Å². The van der Waals surface area contributed by atoms with E-state index >= 15 is 0 Å². The molecule has 0 bridgehead atoms. The third kappa shape index (κ3) is 4.04. The summed E-state index contributed by atoms with van der Waals surface area (Å²) in [5.74, 6) is 0.945. The van der Waals surface area contributed by atoms with Crippen LogP contribution < -0.4 is 10.2 Å². The Morgan fingerprint density at radius 3 is 2.56 bits per heavy atom. The van der Waals surface area contributed by atoms with Gasteiger partial charge in [0.15, 0.2) is 0 Å². The van der Waals surface area contributed by atoms with Crippen LogP contribution in [0.2, 0.25) is 0 Å². The number of carbonyl (C=O) groups is 2. The van der Waals surface area contributed by atoms with Crippen molar-refractivity contribution in [3.8, 4) is 0 Å². The summed E-state index contributed by atoms with van der Waals surface area (Å²) in [6, 6.07) is 9.74. The zero-order chi connectivity index (χ0) is 18.6. The fourth-order valence-corrected chi connectivity index (χ4v) is 4.00. The molecule has 142 valence electrons. The third-order valence-corrected chi connectivity index (χ3v) is 5.56. The van der Waals surface area contributed by atoms with Gasteiger partial charge in [0.2, 0.25) is 5.91 Å². The zero-order valence-corrected chi connectivity index (χ0v) is 15.6. The summed E-state index contributed by atoms with van der Waals surface area (Å²) in [6.45, 7) is 1.13. The monoisotopic (exact) mass is 366 g/mol. The molecule has 0 spiro atoms. The molecule has 2 aromatic rings. The number of fused-ring (bicyclic) bond motifs is 1. The number of nitrogens with one attached hydrogen (secondary N) is 1. The number of hydrogen-bond acceptors (Lipinski definition) is 3. The Bertz CT molecular complexity index is 804. The van der Waals surface area contributed by atoms with E-state index in [1.807, 2.05) is 35.0 Å². The van der Waals surface area contributed by atoms with Gasteiger partial charge in [0.05, 0.1) is 19.3 Å². The molecule has 1 N–H and O–H groups in total. The summed E-state index contributed by atoms with van der Waals surface area (Å²) in [7, 11) is 0. The van der Waals surface area contributed by atoms with E-state index in [1.165, 1.54) is 25.7 Å². The SMILES string of the molecule is O=C(NC1CCCCCC1)c1ccc(CN2C(=O)CCn3nccc32)cc1. The molecule has 1 aliphatic heterocycles. The number of rotatable bonds is 4. The number of benzene rings is 1. The molecule has 0 saturated heterocycles. The van der Waals surface area contributed by atoms with Crippen LogP contribution in [-0.2, 0) is 17.9 Å². The predicted molar refractivity (Wildman–Crippen MR) is 103 cm³/mol. The largest absolute Gasteiger partial charge is 0.349 e. The minimum atomic E-state index is 0.000533. The highest BCUT2D eigenvalue weighted by atomic mass is 16.2. The van der Waals surface area contributed by atoms with Gasteiger partial charge in [0.25, 0.3) is 5.91 Å². The summed E-state index contributed by atoms with van der Waals surface area (Å²) < 4.78 is 1.86. The molecule has 2 amide bonds.